The Bertz CT molecular complexity index is 526. The van der Waals surface area contributed by atoms with E-state index in [9.17, 15) is 0 Å². The maximum atomic E-state index is 6.04. The molecule has 0 radical (unpaired) electrons. The third-order valence-electron chi connectivity index (χ3n) is 2.53. The number of benzene rings is 1. The van der Waals surface area contributed by atoms with Crippen LogP contribution in [0.15, 0.2) is 34.9 Å². The van der Waals surface area contributed by atoms with Crippen molar-refractivity contribution in [1.82, 2.24) is 10.3 Å². The van der Waals surface area contributed by atoms with Gasteiger partial charge in [-0.05, 0) is 6.07 Å². The fraction of sp³-hybridized carbons (Fsp3) is 0.357. The molecule has 102 valence electrons. The highest BCUT2D eigenvalue weighted by Crippen LogP contribution is 2.18. The minimum atomic E-state index is 0.264. The van der Waals surface area contributed by atoms with Crippen molar-refractivity contribution in [3.63, 3.8) is 0 Å². The van der Waals surface area contributed by atoms with Crippen molar-refractivity contribution >= 4 is 11.6 Å². The molecule has 0 aliphatic carbocycles. The molecule has 1 aromatic heterocycles. The largest absolute Gasteiger partial charge is 0.445 e. The predicted octanol–water partition coefficient (Wildman–Crippen LogP) is 3.41. The highest BCUT2D eigenvalue weighted by Gasteiger charge is 2.07. The van der Waals surface area contributed by atoms with Crippen LogP contribution >= 0.6 is 11.6 Å². The number of ether oxygens (including phenoxy) is 1. The van der Waals surface area contributed by atoms with Crippen LogP contribution in [-0.2, 0) is 13.2 Å². The monoisotopic (exact) mass is 280 g/mol. The van der Waals surface area contributed by atoms with Crippen LogP contribution in [-0.4, -0.2) is 11.0 Å². The van der Waals surface area contributed by atoms with E-state index in [1.54, 1.807) is 6.26 Å². The van der Waals surface area contributed by atoms with E-state index in [4.69, 9.17) is 20.8 Å². The van der Waals surface area contributed by atoms with Crippen LogP contribution in [0.4, 0.5) is 0 Å². The third-order valence-corrected chi connectivity index (χ3v) is 2.90. The van der Waals surface area contributed by atoms with E-state index < -0.39 is 0 Å². The van der Waals surface area contributed by atoms with Crippen LogP contribution < -0.4 is 10.1 Å². The maximum Gasteiger partial charge on any atom is 0.394 e. The van der Waals surface area contributed by atoms with Crippen LogP contribution in [0.1, 0.15) is 25.1 Å². The van der Waals surface area contributed by atoms with Crippen molar-refractivity contribution in [3.8, 4) is 6.08 Å². The lowest BCUT2D eigenvalue weighted by Crippen LogP contribution is -2.21. The Morgan fingerprint density at radius 3 is 2.89 bits per heavy atom. The summed E-state index contributed by atoms with van der Waals surface area (Å²) in [5.74, 6) is 0. The van der Waals surface area contributed by atoms with Gasteiger partial charge >= 0.3 is 6.08 Å². The summed E-state index contributed by atoms with van der Waals surface area (Å²) >= 11 is 6.04. The molecule has 1 N–H and O–H groups in total. The van der Waals surface area contributed by atoms with E-state index in [0.717, 1.165) is 11.3 Å². The molecule has 0 saturated heterocycles. The molecule has 1 aromatic carbocycles. The van der Waals surface area contributed by atoms with Gasteiger partial charge in [-0.2, -0.15) is 4.98 Å². The molecule has 0 bridgehead atoms. The number of aromatic nitrogens is 1. The van der Waals surface area contributed by atoms with E-state index in [1.165, 1.54) is 0 Å². The van der Waals surface area contributed by atoms with E-state index in [-0.39, 0.29) is 6.08 Å². The van der Waals surface area contributed by atoms with Gasteiger partial charge in [-0.25, -0.2) is 0 Å². The summed E-state index contributed by atoms with van der Waals surface area (Å²) in [6.45, 7) is 5.16. The first-order valence-electron chi connectivity index (χ1n) is 6.19. The zero-order chi connectivity index (χ0) is 13.7. The summed E-state index contributed by atoms with van der Waals surface area (Å²) in [7, 11) is 0. The molecule has 2 rings (SSSR count). The van der Waals surface area contributed by atoms with Gasteiger partial charge in [-0.1, -0.05) is 43.6 Å². The normalized spacial score (nSPS) is 10.9. The molecule has 0 amide bonds. The lowest BCUT2D eigenvalue weighted by atomic mass is 10.2. The molecule has 0 saturated carbocycles. The Kier molecular flexibility index (Phi) is 4.82. The van der Waals surface area contributed by atoms with Crippen molar-refractivity contribution in [1.29, 1.82) is 0 Å². The van der Waals surface area contributed by atoms with Crippen molar-refractivity contribution in [2.24, 2.45) is 0 Å². The molecule has 0 aliphatic heterocycles. The Hall–Kier alpha value is -1.52. The average molecular weight is 281 g/mol. The summed E-state index contributed by atoms with van der Waals surface area (Å²) in [6.07, 6.45) is 1.86. The van der Waals surface area contributed by atoms with Gasteiger partial charge in [0.15, 0.2) is 0 Å². The molecular formula is C14H17ClN2O2. The number of hydrogen-bond donors (Lipinski definition) is 1. The van der Waals surface area contributed by atoms with Crippen LogP contribution in [0.25, 0.3) is 0 Å². The number of oxazole rings is 1. The van der Waals surface area contributed by atoms with Gasteiger partial charge in [0.25, 0.3) is 0 Å². The second kappa shape index (κ2) is 6.59. The van der Waals surface area contributed by atoms with Crippen molar-refractivity contribution in [3.05, 3.63) is 46.8 Å². The quantitative estimate of drug-likeness (QED) is 0.881. The lowest BCUT2D eigenvalue weighted by Gasteiger charge is -2.04. The van der Waals surface area contributed by atoms with Crippen molar-refractivity contribution < 1.29 is 9.15 Å². The second-order valence-electron chi connectivity index (χ2n) is 4.52. The summed E-state index contributed by atoms with van der Waals surface area (Å²) < 4.78 is 10.7. The fourth-order valence-electron chi connectivity index (χ4n) is 1.50. The second-order valence-corrected chi connectivity index (χ2v) is 4.93. The molecule has 0 fully saturated rings. The maximum absolute atomic E-state index is 6.04. The molecule has 0 spiro atoms. The molecule has 5 heteroatoms. The van der Waals surface area contributed by atoms with E-state index in [2.05, 4.69) is 24.1 Å². The zero-order valence-electron chi connectivity index (χ0n) is 11.0. The standard InChI is InChI=1S/C14H17ClN2O2/c1-10(2)16-7-12-9-19-14(17-12)18-8-11-5-3-4-6-13(11)15/h3-6,9-10,16H,7-8H2,1-2H3. The van der Waals surface area contributed by atoms with Crippen LogP contribution in [0, 0.1) is 0 Å². The average Bonchev–Trinajstić information content (AvgIpc) is 2.83. The molecule has 4 nitrogen and oxygen atoms in total. The minimum absolute atomic E-state index is 0.264. The van der Waals surface area contributed by atoms with Crippen molar-refractivity contribution in [2.75, 3.05) is 0 Å². The van der Waals surface area contributed by atoms with Crippen molar-refractivity contribution in [2.45, 2.75) is 33.0 Å². The Morgan fingerprint density at radius 2 is 2.16 bits per heavy atom. The molecular weight excluding hydrogens is 264 g/mol. The molecule has 1 heterocycles. The lowest BCUT2D eigenvalue weighted by molar-refractivity contribution is 0.220. The number of nitrogens with one attached hydrogen (secondary N) is 1. The van der Waals surface area contributed by atoms with E-state index in [0.29, 0.717) is 24.2 Å². The summed E-state index contributed by atoms with van der Waals surface area (Å²) in [5, 5.41) is 3.94. The first-order valence-corrected chi connectivity index (χ1v) is 6.57. The van der Waals surface area contributed by atoms with Gasteiger partial charge in [-0.15, -0.1) is 0 Å². The number of hydrogen-bond acceptors (Lipinski definition) is 4. The van der Waals surface area contributed by atoms with Gasteiger partial charge < -0.3 is 14.5 Å². The molecule has 0 aliphatic rings. The molecule has 0 unspecified atom stereocenters. The van der Waals surface area contributed by atoms with Gasteiger partial charge in [0.05, 0.1) is 5.69 Å². The van der Waals surface area contributed by atoms with E-state index >= 15 is 0 Å². The Morgan fingerprint density at radius 1 is 1.37 bits per heavy atom. The minimum Gasteiger partial charge on any atom is -0.445 e. The van der Waals surface area contributed by atoms with E-state index in [1.807, 2.05) is 24.3 Å². The summed E-state index contributed by atoms with van der Waals surface area (Å²) in [5.41, 5.74) is 1.73. The summed E-state index contributed by atoms with van der Waals surface area (Å²) in [6, 6.07) is 7.94. The molecule has 0 atom stereocenters. The number of halogens is 1. The Balaban J connectivity index is 1.88. The highest BCUT2D eigenvalue weighted by molar-refractivity contribution is 6.31. The van der Waals surface area contributed by atoms with Crippen LogP contribution in [0.3, 0.4) is 0 Å². The van der Waals surface area contributed by atoms with Crippen LogP contribution in [0.2, 0.25) is 5.02 Å². The van der Waals surface area contributed by atoms with Gasteiger partial charge in [0.2, 0.25) is 0 Å². The number of nitrogens with zero attached hydrogens (tertiary/aromatic N) is 1. The summed E-state index contributed by atoms with van der Waals surface area (Å²) in [4.78, 5) is 4.23. The SMILES string of the molecule is CC(C)NCc1coc(OCc2ccccc2Cl)n1. The van der Waals surface area contributed by atoms with Crippen LogP contribution in [0.5, 0.6) is 6.08 Å². The topological polar surface area (TPSA) is 47.3 Å². The predicted molar refractivity (Wildman–Crippen MR) is 74.3 cm³/mol. The zero-order valence-corrected chi connectivity index (χ0v) is 11.8. The number of rotatable bonds is 6. The molecule has 2 aromatic rings. The fourth-order valence-corrected chi connectivity index (χ4v) is 1.69. The first kappa shape index (κ1) is 13.9. The molecule has 19 heavy (non-hydrogen) atoms. The third kappa shape index (κ3) is 4.26. The smallest absolute Gasteiger partial charge is 0.394 e. The highest BCUT2D eigenvalue weighted by atomic mass is 35.5. The van der Waals surface area contributed by atoms with Gasteiger partial charge in [0, 0.05) is 23.2 Å². The van der Waals surface area contributed by atoms with Gasteiger partial charge in [-0.3, -0.25) is 0 Å². The van der Waals surface area contributed by atoms with Gasteiger partial charge in [0.1, 0.15) is 12.9 Å². The Labute approximate surface area is 117 Å². The first-order chi connectivity index (χ1) is 9.15.